The standard InChI is InChI=1S/C21H23F3N2O3/c1-14-2-8-17(9-3-14)28-18-10-4-15(5-11-18)25-20(27)26-16-6-12-19(13-7-16)29-21(22,23)24/h2-3,6-9,12-13,15,18H,4-5,10-11H2,1H3,(H2,25,26,27). The number of benzene rings is 2. The summed E-state index contributed by atoms with van der Waals surface area (Å²) in [7, 11) is 0. The lowest BCUT2D eigenvalue weighted by atomic mass is 9.93. The van der Waals surface area contributed by atoms with Crippen LogP contribution in [0.1, 0.15) is 31.2 Å². The highest BCUT2D eigenvalue weighted by Crippen LogP contribution is 2.25. The van der Waals surface area contributed by atoms with Crippen LogP contribution >= 0.6 is 0 Å². The van der Waals surface area contributed by atoms with E-state index in [1.54, 1.807) is 0 Å². The van der Waals surface area contributed by atoms with Crippen molar-refractivity contribution in [1.29, 1.82) is 0 Å². The van der Waals surface area contributed by atoms with Gasteiger partial charge in [0.1, 0.15) is 11.5 Å². The van der Waals surface area contributed by atoms with Gasteiger partial charge in [0.2, 0.25) is 0 Å². The third-order valence-corrected chi connectivity index (χ3v) is 4.68. The quantitative estimate of drug-likeness (QED) is 0.696. The van der Waals surface area contributed by atoms with E-state index in [1.165, 1.54) is 17.7 Å². The molecule has 2 aromatic rings. The monoisotopic (exact) mass is 408 g/mol. The molecule has 1 fully saturated rings. The molecule has 0 aliphatic heterocycles. The Bertz CT molecular complexity index is 799. The summed E-state index contributed by atoms with van der Waals surface area (Å²) in [6.07, 6.45) is -1.36. The maximum Gasteiger partial charge on any atom is 0.573 e. The molecule has 3 rings (SSSR count). The maximum absolute atomic E-state index is 12.2. The summed E-state index contributed by atoms with van der Waals surface area (Å²) < 4.78 is 46.3. The number of hydrogen-bond acceptors (Lipinski definition) is 3. The first-order valence-corrected chi connectivity index (χ1v) is 9.43. The average molecular weight is 408 g/mol. The van der Waals surface area contributed by atoms with Crippen LogP contribution in [-0.2, 0) is 0 Å². The smallest absolute Gasteiger partial charge is 0.490 e. The Labute approximate surface area is 167 Å². The van der Waals surface area contributed by atoms with Crippen molar-refractivity contribution in [3.8, 4) is 11.5 Å². The van der Waals surface area contributed by atoms with Gasteiger partial charge in [0.15, 0.2) is 0 Å². The number of hydrogen-bond donors (Lipinski definition) is 2. The van der Waals surface area contributed by atoms with Gasteiger partial charge in [-0.05, 0) is 69.0 Å². The molecular formula is C21H23F3N2O3. The largest absolute Gasteiger partial charge is 0.573 e. The van der Waals surface area contributed by atoms with Crippen molar-refractivity contribution in [1.82, 2.24) is 5.32 Å². The minimum absolute atomic E-state index is 0.0284. The molecule has 0 unspecified atom stereocenters. The van der Waals surface area contributed by atoms with Crippen LogP contribution in [0.2, 0.25) is 0 Å². The SMILES string of the molecule is Cc1ccc(OC2CCC(NC(=O)Nc3ccc(OC(F)(F)F)cc3)CC2)cc1. The summed E-state index contributed by atoms with van der Waals surface area (Å²) in [5.41, 5.74) is 1.56. The highest BCUT2D eigenvalue weighted by molar-refractivity contribution is 5.89. The molecule has 5 nitrogen and oxygen atoms in total. The zero-order valence-electron chi connectivity index (χ0n) is 16.0. The zero-order chi connectivity index (χ0) is 20.9. The van der Waals surface area contributed by atoms with E-state index in [0.29, 0.717) is 5.69 Å². The maximum atomic E-state index is 12.2. The third kappa shape index (κ3) is 6.89. The number of carbonyl (C=O) groups is 1. The Morgan fingerprint density at radius 2 is 1.52 bits per heavy atom. The molecule has 2 aromatic carbocycles. The molecule has 2 N–H and O–H groups in total. The first-order chi connectivity index (χ1) is 13.8. The van der Waals surface area contributed by atoms with Gasteiger partial charge < -0.3 is 20.1 Å². The average Bonchev–Trinajstić information content (AvgIpc) is 2.66. The molecule has 0 radical (unpaired) electrons. The van der Waals surface area contributed by atoms with Crippen LogP contribution in [0.15, 0.2) is 48.5 Å². The molecule has 0 heterocycles. The molecule has 2 amide bonds. The first kappa shape index (κ1) is 20.8. The van der Waals surface area contributed by atoms with Crippen LogP contribution in [0, 0.1) is 6.92 Å². The van der Waals surface area contributed by atoms with Crippen molar-refractivity contribution in [2.45, 2.75) is 51.1 Å². The molecule has 1 aliphatic carbocycles. The molecule has 1 aliphatic rings. The van der Waals surface area contributed by atoms with Gasteiger partial charge in [-0.1, -0.05) is 17.7 Å². The molecular weight excluding hydrogens is 385 g/mol. The highest BCUT2D eigenvalue weighted by Gasteiger charge is 2.31. The number of urea groups is 1. The van der Waals surface area contributed by atoms with Gasteiger partial charge in [0.05, 0.1) is 6.10 Å². The number of amides is 2. The predicted molar refractivity (Wildman–Crippen MR) is 103 cm³/mol. The number of aryl methyl sites for hydroxylation is 1. The van der Waals surface area contributed by atoms with E-state index in [1.807, 2.05) is 31.2 Å². The second-order valence-electron chi connectivity index (χ2n) is 7.08. The lowest BCUT2D eigenvalue weighted by Gasteiger charge is -2.29. The van der Waals surface area contributed by atoms with E-state index in [0.717, 1.165) is 43.6 Å². The highest BCUT2D eigenvalue weighted by atomic mass is 19.4. The van der Waals surface area contributed by atoms with Crippen LogP contribution in [-0.4, -0.2) is 24.5 Å². The van der Waals surface area contributed by atoms with E-state index in [2.05, 4.69) is 15.4 Å². The van der Waals surface area contributed by atoms with E-state index in [4.69, 9.17) is 4.74 Å². The van der Waals surface area contributed by atoms with Gasteiger partial charge in [-0.15, -0.1) is 13.2 Å². The third-order valence-electron chi connectivity index (χ3n) is 4.68. The van der Waals surface area contributed by atoms with Crippen LogP contribution in [0.5, 0.6) is 11.5 Å². The van der Waals surface area contributed by atoms with Crippen molar-refractivity contribution in [2.75, 3.05) is 5.32 Å². The Morgan fingerprint density at radius 1 is 0.931 bits per heavy atom. The van der Waals surface area contributed by atoms with E-state index >= 15 is 0 Å². The molecule has 0 bridgehead atoms. The zero-order valence-corrected chi connectivity index (χ0v) is 16.0. The molecule has 8 heteroatoms. The normalized spacial score (nSPS) is 19.3. The summed E-state index contributed by atoms with van der Waals surface area (Å²) in [6.45, 7) is 2.02. The van der Waals surface area contributed by atoms with E-state index < -0.39 is 12.4 Å². The minimum Gasteiger partial charge on any atom is -0.490 e. The topological polar surface area (TPSA) is 59.6 Å². The number of rotatable bonds is 5. The number of anilines is 1. The second-order valence-corrected chi connectivity index (χ2v) is 7.08. The molecule has 0 aromatic heterocycles. The van der Waals surface area contributed by atoms with Gasteiger partial charge in [-0.2, -0.15) is 0 Å². The van der Waals surface area contributed by atoms with Gasteiger partial charge in [0, 0.05) is 11.7 Å². The van der Waals surface area contributed by atoms with Crippen molar-refractivity contribution >= 4 is 11.7 Å². The van der Waals surface area contributed by atoms with Gasteiger partial charge in [-0.25, -0.2) is 4.79 Å². The van der Waals surface area contributed by atoms with Crippen molar-refractivity contribution in [3.05, 3.63) is 54.1 Å². The fourth-order valence-corrected chi connectivity index (χ4v) is 3.23. The summed E-state index contributed by atoms with van der Waals surface area (Å²) in [6, 6.07) is 12.6. The van der Waals surface area contributed by atoms with Crippen LogP contribution < -0.4 is 20.1 Å². The minimum atomic E-state index is -4.74. The van der Waals surface area contributed by atoms with Crippen molar-refractivity contribution < 1.29 is 27.4 Å². The first-order valence-electron chi connectivity index (χ1n) is 9.43. The molecule has 1 saturated carbocycles. The van der Waals surface area contributed by atoms with Gasteiger partial charge in [0.25, 0.3) is 0 Å². The van der Waals surface area contributed by atoms with Crippen molar-refractivity contribution in [2.24, 2.45) is 0 Å². The van der Waals surface area contributed by atoms with Crippen LogP contribution in [0.25, 0.3) is 0 Å². The number of alkyl halides is 3. The summed E-state index contributed by atoms with van der Waals surface area (Å²) in [5, 5.41) is 5.51. The number of halogens is 3. The number of ether oxygens (including phenoxy) is 2. The molecule has 0 atom stereocenters. The lowest BCUT2D eigenvalue weighted by Crippen LogP contribution is -2.41. The molecule has 29 heavy (non-hydrogen) atoms. The predicted octanol–water partition coefficient (Wildman–Crippen LogP) is 5.41. The summed E-state index contributed by atoms with van der Waals surface area (Å²) >= 11 is 0. The Hall–Kier alpha value is -2.90. The Morgan fingerprint density at radius 3 is 2.10 bits per heavy atom. The summed E-state index contributed by atoms with van der Waals surface area (Å²) in [4.78, 5) is 12.1. The fourth-order valence-electron chi connectivity index (χ4n) is 3.23. The summed E-state index contributed by atoms with van der Waals surface area (Å²) in [5.74, 6) is 0.512. The van der Waals surface area contributed by atoms with E-state index in [9.17, 15) is 18.0 Å². The second kappa shape index (κ2) is 9.07. The van der Waals surface area contributed by atoms with Gasteiger partial charge in [-0.3, -0.25) is 0 Å². The molecule has 0 saturated heterocycles. The molecule has 0 spiro atoms. The lowest BCUT2D eigenvalue weighted by molar-refractivity contribution is -0.274. The fraction of sp³-hybridized carbons (Fsp3) is 0.381. The van der Waals surface area contributed by atoms with E-state index in [-0.39, 0.29) is 17.9 Å². The van der Waals surface area contributed by atoms with Crippen LogP contribution in [0.4, 0.5) is 23.7 Å². The van der Waals surface area contributed by atoms with Gasteiger partial charge >= 0.3 is 12.4 Å². The number of carbonyl (C=O) groups excluding carboxylic acids is 1. The Balaban J connectivity index is 1.41. The number of nitrogens with one attached hydrogen (secondary N) is 2. The molecule has 156 valence electrons. The van der Waals surface area contributed by atoms with Crippen molar-refractivity contribution in [3.63, 3.8) is 0 Å². The Kier molecular flexibility index (Phi) is 6.51. The van der Waals surface area contributed by atoms with Crippen LogP contribution in [0.3, 0.4) is 0 Å².